The number of pyridine rings is 1. The predicted octanol–water partition coefficient (Wildman–Crippen LogP) is 1.88. The van der Waals surface area contributed by atoms with Gasteiger partial charge in [0, 0.05) is 5.69 Å². The third-order valence-corrected chi connectivity index (χ3v) is 1.76. The van der Waals surface area contributed by atoms with Gasteiger partial charge < -0.3 is 0 Å². The van der Waals surface area contributed by atoms with Gasteiger partial charge in [0.15, 0.2) is 0 Å². The maximum atomic E-state index is 8.12. The highest BCUT2D eigenvalue weighted by Gasteiger charge is 1.91. The minimum absolute atomic E-state index is 0.250. The molecule has 0 saturated heterocycles. The van der Waals surface area contributed by atoms with Crippen molar-refractivity contribution in [2.24, 2.45) is 0 Å². The van der Waals surface area contributed by atoms with Crippen LogP contribution in [-0.4, -0.2) is 11.1 Å². The fourth-order valence-corrected chi connectivity index (χ4v) is 0.998. The third kappa shape index (κ3) is 4.01. The number of hydrogen-bond acceptors (Lipinski definition) is 3. The van der Waals surface area contributed by atoms with Crippen LogP contribution in [0.5, 0.6) is 0 Å². The Morgan fingerprint density at radius 3 is 2.17 bits per heavy atom. The Morgan fingerprint density at radius 1 is 1.33 bits per heavy atom. The molecule has 0 aromatic carbocycles. The highest BCUT2D eigenvalue weighted by atomic mass is 79.9. The van der Waals surface area contributed by atoms with E-state index in [-0.39, 0.29) is 6.15 Å². The number of rotatable bonds is 0. The van der Waals surface area contributed by atoms with Crippen molar-refractivity contribution >= 4 is 22.1 Å². The average Bonchev–Trinajstić information content (AvgIpc) is 1.99. The molecule has 0 N–H and O–H groups in total. The van der Waals surface area contributed by atoms with Gasteiger partial charge in [-0.3, -0.25) is 0 Å². The molecule has 0 amide bonds. The summed E-state index contributed by atoms with van der Waals surface area (Å²) in [6.45, 7) is 4.05. The smallest absolute Gasteiger partial charge is 0.246 e. The van der Waals surface area contributed by atoms with E-state index in [1.807, 2.05) is 19.1 Å². The van der Waals surface area contributed by atoms with Crippen LogP contribution in [0.1, 0.15) is 11.3 Å². The van der Waals surface area contributed by atoms with Gasteiger partial charge in [0.2, 0.25) is 0 Å². The van der Waals surface area contributed by atoms with E-state index in [0.717, 1.165) is 10.3 Å². The molecule has 0 spiro atoms. The molecule has 4 heteroatoms. The Morgan fingerprint density at radius 2 is 1.83 bits per heavy atom. The van der Waals surface area contributed by atoms with E-state index in [9.17, 15) is 0 Å². The van der Waals surface area contributed by atoms with E-state index in [4.69, 9.17) is 9.59 Å². The van der Waals surface area contributed by atoms with Crippen LogP contribution in [0, 0.1) is 13.8 Å². The molecular weight excluding hydrogens is 222 g/mol. The number of aryl methyl sites for hydroxylation is 2. The highest BCUT2D eigenvalue weighted by Crippen LogP contribution is 2.09. The van der Waals surface area contributed by atoms with E-state index in [1.165, 1.54) is 5.56 Å². The zero-order valence-electron chi connectivity index (χ0n) is 6.80. The topological polar surface area (TPSA) is 47.0 Å². The zero-order chi connectivity index (χ0) is 9.56. The minimum Gasteiger partial charge on any atom is -0.246 e. The molecule has 0 aliphatic heterocycles. The normalized spacial score (nSPS) is 7.92. The van der Waals surface area contributed by atoms with E-state index in [2.05, 4.69) is 27.8 Å². The first-order chi connectivity index (χ1) is 5.61. The second kappa shape index (κ2) is 5.63. The average molecular weight is 230 g/mol. The monoisotopic (exact) mass is 229 g/mol. The second-order valence-electron chi connectivity index (χ2n) is 2.12. The molecule has 0 aliphatic carbocycles. The second-order valence-corrected chi connectivity index (χ2v) is 2.93. The number of halogens is 1. The lowest BCUT2D eigenvalue weighted by Crippen LogP contribution is -1.84. The van der Waals surface area contributed by atoms with E-state index < -0.39 is 0 Å². The Bertz CT molecular complexity index is 293. The summed E-state index contributed by atoms with van der Waals surface area (Å²) in [5, 5.41) is 0. The first kappa shape index (κ1) is 11.0. The van der Waals surface area contributed by atoms with E-state index >= 15 is 0 Å². The molecule has 1 aromatic rings. The third-order valence-electron chi connectivity index (χ3n) is 1.32. The fraction of sp³-hybridized carbons (Fsp3) is 0.250. The lowest BCUT2D eigenvalue weighted by atomic mass is 10.2. The summed E-state index contributed by atoms with van der Waals surface area (Å²) in [4.78, 5) is 20.4. The number of aromatic nitrogens is 1. The van der Waals surface area contributed by atoms with Crippen molar-refractivity contribution in [1.29, 1.82) is 0 Å². The molecule has 0 unspecified atom stereocenters. The quantitative estimate of drug-likeness (QED) is 0.639. The van der Waals surface area contributed by atoms with Crippen molar-refractivity contribution in [1.82, 2.24) is 4.98 Å². The Hall–Kier alpha value is -0.990. The summed E-state index contributed by atoms with van der Waals surface area (Å²) in [5.74, 6) is 0. The molecule has 1 rings (SSSR count). The molecule has 12 heavy (non-hydrogen) atoms. The van der Waals surface area contributed by atoms with E-state index in [1.54, 1.807) is 0 Å². The van der Waals surface area contributed by atoms with Crippen LogP contribution in [0.4, 0.5) is 0 Å². The van der Waals surface area contributed by atoms with Crippen molar-refractivity contribution in [3.05, 3.63) is 28.0 Å². The number of nitrogens with zero attached hydrogens (tertiary/aromatic N) is 1. The molecule has 1 heterocycles. The molecule has 64 valence electrons. The van der Waals surface area contributed by atoms with Gasteiger partial charge in [0.25, 0.3) is 0 Å². The van der Waals surface area contributed by atoms with Crippen LogP contribution in [0.3, 0.4) is 0 Å². The van der Waals surface area contributed by atoms with Crippen LogP contribution in [-0.2, 0) is 9.59 Å². The van der Waals surface area contributed by atoms with Gasteiger partial charge in [-0.05, 0) is 41.4 Å². The van der Waals surface area contributed by atoms with Crippen LogP contribution >= 0.6 is 15.9 Å². The first-order valence-electron chi connectivity index (χ1n) is 3.21. The molecule has 0 atom stereocenters. The lowest BCUT2D eigenvalue weighted by Gasteiger charge is -1.96. The van der Waals surface area contributed by atoms with Gasteiger partial charge in [0.1, 0.15) is 4.60 Å². The van der Waals surface area contributed by atoms with E-state index in [0.29, 0.717) is 0 Å². The van der Waals surface area contributed by atoms with Crippen molar-refractivity contribution in [3.63, 3.8) is 0 Å². The van der Waals surface area contributed by atoms with Crippen LogP contribution in [0.2, 0.25) is 0 Å². The Balaban J connectivity index is 0.000000354. The van der Waals surface area contributed by atoms with Crippen LogP contribution in [0.15, 0.2) is 16.7 Å². The molecule has 0 aliphatic rings. The summed E-state index contributed by atoms with van der Waals surface area (Å²) in [6.07, 6.45) is 0.250. The summed E-state index contributed by atoms with van der Waals surface area (Å²) in [5.41, 5.74) is 2.32. The van der Waals surface area contributed by atoms with Crippen LogP contribution in [0.25, 0.3) is 0 Å². The maximum absolute atomic E-state index is 8.12. The summed E-state index contributed by atoms with van der Waals surface area (Å²) < 4.78 is 0.908. The van der Waals surface area contributed by atoms with Crippen molar-refractivity contribution < 1.29 is 9.59 Å². The van der Waals surface area contributed by atoms with Crippen molar-refractivity contribution in [2.75, 3.05) is 0 Å². The molecule has 0 radical (unpaired) electrons. The van der Waals surface area contributed by atoms with Gasteiger partial charge in [-0.15, -0.1) is 0 Å². The highest BCUT2D eigenvalue weighted by molar-refractivity contribution is 9.10. The summed E-state index contributed by atoms with van der Waals surface area (Å²) in [6, 6.07) is 3.99. The number of carbonyl (C=O) groups excluding carboxylic acids is 2. The largest absolute Gasteiger partial charge is 0.373 e. The first-order valence-corrected chi connectivity index (χ1v) is 4.00. The molecule has 0 saturated carbocycles. The SMILES string of the molecule is Cc1ccc(Br)nc1C.O=C=O. The minimum atomic E-state index is 0.250. The van der Waals surface area contributed by atoms with Gasteiger partial charge in [-0.25, -0.2) is 4.98 Å². The molecular formula is C8H8BrNO2. The molecule has 0 bridgehead atoms. The van der Waals surface area contributed by atoms with Gasteiger partial charge in [-0.1, -0.05) is 6.07 Å². The molecule has 0 fully saturated rings. The van der Waals surface area contributed by atoms with Crippen molar-refractivity contribution in [3.8, 4) is 0 Å². The van der Waals surface area contributed by atoms with Crippen LogP contribution < -0.4 is 0 Å². The van der Waals surface area contributed by atoms with Gasteiger partial charge >= 0.3 is 6.15 Å². The lowest BCUT2D eigenvalue weighted by molar-refractivity contribution is -0.191. The zero-order valence-corrected chi connectivity index (χ0v) is 8.38. The Labute approximate surface area is 78.9 Å². The molecule has 3 nitrogen and oxygen atoms in total. The fourth-order valence-electron chi connectivity index (χ4n) is 0.600. The summed E-state index contributed by atoms with van der Waals surface area (Å²) >= 11 is 3.29. The molecule has 1 aromatic heterocycles. The maximum Gasteiger partial charge on any atom is 0.373 e. The predicted molar refractivity (Wildman–Crippen MR) is 46.4 cm³/mol. The number of hydrogen-bond donors (Lipinski definition) is 0. The van der Waals surface area contributed by atoms with Gasteiger partial charge in [0.05, 0.1) is 0 Å². The van der Waals surface area contributed by atoms with Gasteiger partial charge in [-0.2, -0.15) is 9.59 Å². The Kier molecular flexibility index (Phi) is 5.17. The summed E-state index contributed by atoms with van der Waals surface area (Å²) in [7, 11) is 0. The standard InChI is InChI=1S/C7H8BrN.CO2/c1-5-3-4-7(8)9-6(5)2;2-1-3/h3-4H,1-2H3;. The van der Waals surface area contributed by atoms with Crippen molar-refractivity contribution in [2.45, 2.75) is 13.8 Å².